The van der Waals surface area contributed by atoms with Crippen LogP contribution >= 0.6 is 23.6 Å². The maximum Gasteiger partial charge on any atom is 0.173 e. The van der Waals surface area contributed by atoms with Gasteiger partial charge in [0.25, 0.3) is 0 Å². The third-order valence-electron chi connectivity index (χ3n) is 3.59. The second-order valence-electron chi connectivity index (χ2n) is 6.11. The van der Waals surface area contributed by atoms with Crippen LogP contribution in [0.2, 0.25) is 0 Å². The third kappa shape index (κ3) is 6.29. The van der Waals surface area contributed by atoms with E-state index in [1.165, 1.54) is 15.3 Å². The van der Waals surface area contributed by atoms with Crippen molar-refractivity contribution in [2.75, 3.05) is 32.5 Å². The Balaban J connectivity index is 2.00. The summed E-state index contributed by atoms with van der Waals surface area (Å²) in [5.74, 6) is 0. The molecule has 0 unspecified atom stereocenters. The van der Waals surface area contributed by atoms with Gasteiger partial charge in [0.2, 0.25) is 0 Å². The van der Waals surface area contributed by atoms with Gasteiger partial charge in [-0.2, -0.15) is 0 Å². The second-order valence-corrected chi connectivity index (χ2v) is 7.53. The highest BCUT2D eigenvalue weighted by atomic mass is 32.1. The van der Waals surface area contributed by atoms with Crippen molar-refractivity contribution in [2.24, 2.45) is 0 Å². The van der Waals surface area contributed by atoms with Crippen molar-refractivity contribution in [2.45, 2.75) is 19.9 Å². The van der Waals surface area contributed by atoms with Crippen LogP contribution in [0.25, 0.3) is 0 Å². The SMILES string of the molecule is Cc1cccc(NC(=S)N(CCC[NH+](C)C)Cc2cccs2)c1. The average molecular weight is 349 g/mol. The van der Waals surface area contributed by atoms with E-state index < -0.39 is 0 Å². The molecule has 124 valence electrons. The van der Waals surface area contributed by atoms with Gasteiger partial charge < -0.3 is 15.1 Å². The van der Waals surface area contributed by atoms with Gasteiger partial charge in [0.1, 0.15) is 0 Å². The van der Waals surface area contributed by atoms with Crippen molar-refractivity contribution in [3.63, 3.8) is 0 Å². The molecule has 0 bridgehead atoms. The first kappa shape index (κ1) is 17.9. The van der Waals surface area contributed by atoms with Gasteiger partial charge in [-0.25, -0.2) is 0 Å². The Bertz CT molecular complexity index is 608. The maximum atomic E-state index is 5.67. The molecule has 1 aromatic heterocycles. The first-order chi connectivity index (χ1) is 11.0. The molecule has 23 heavy (non-hydrogen) atoms. The van der Waals surface area contributed by atoms with E-state index in [1.807, 2.05) is 0 Å². The molecule has 2 rings (SSSR count). The smallest absolute Gasteiger partial charge is 0.173 e. The number of nitrogens with one attached hydrogen (secondary N) is 2. The van der Waals surface area contributed by atoms with Gasteiger partial charge in [-0.1, -0.05) is 18.2 Å². The predicted molar refractivity (Wildman–Crippen MR) is 104 cm³/mol. The number of thiophene rings is 1. The quantitative estimate of drug-likeness (QED) is 0.751. The summed E-state index contributed by atoms with van der Waals surface area (Å²) >= 11 is 7.45. The Morgan fingerprint density at radius 1 is 1.26 bits per heavy atom. The molecular weight excluding hydrogens is 322 g/mol. The summed E-state index contributed by atoms with van der Waals surface area (Å²) in [7, 11) is 4.37. The number of nitrogens with zero attached hydrogens (tertiary/aromatic N) is 1. The summed E-state index contributed by atoms with van der Waals surface area (Å²) in [4.78, 5) is 5.08. The molecule has 0 saturated heterocycles. The zero-order chi connectivity index (χ0) is 16.7. The number of hydrogen-bond acceptors (Lipinski definition) is 2. The van der Waals surface area contributed by atoms with E-state index in [0.717, 1.165) is 36.9 Å². The summed E-state index contributed by atoms with van der Waals surface area (Å²) in [6, 6.07) is 12.6. The van der Waals surface area contributed by atoms with Gasteiger partial charge in [0.15, 0.2) is 5.11 Å². The average Bonchev–Trinajstić information content (AvgIpc) is 2.99. The second kappa shape index (κ2) is 9.01. The molecule has 2 aromatic rings. The van der Waals surface area contributed by atoms with Crippen LogP contribution in [0.4, 0.5) is 5.69 Å². The summed E-state index contributed by atoms with van der Waals surface area (Å²) < 4.78 is 0. The molecule has 1 heterocycles. The van der Waals surface area contributed by atoms with Crippen LogP contribution in [0.3, 0.4) is 0 Å². The van der Waals surface area contributed by atoms with Gasteiger partial charge >= 0.3 is 0 Å². The molecule has 0 aliphatic rings. The van der Waals surface area contributed by atoms with E-state index in [2.05, 4.69) is 73.0 Å². The number of hydrogen-bond donors (Lipinski definition) is 2. The number of anilines is 1. The highest BCUT2D eigenvalue weighted by Crippen LogP contribution is 2.15. The fraction of sp³-hybridized carbons (Fsp3) is 0.389. The van der Waals surface area contributed by atoms with Crippen LogP contribution in [0.1, 0.15) is 16.9 Å². The summed E-state index contributed by atoms with van der Waals surface area (Å²) in [5, 5.41) is 6.31. The molecule has 5 heteroatoms. The fourth-order valence-electron chi connectivity index (χ4n) is 2.39. The van der Waals surface area contributed by atoms with E-state index in [-0.39, 0.29) is 0 Å². The monoisotopic (exact) mass is 348 g/mol. The van der Waals surface area contributed by atoms with Gasteiger partial charge in [-0.05, 0) is 48.3 Å². The van der Waals surface area contributed by atoms with Gasteiger partial charge in [0, 0.05) is 23.5 Å². The summed E-state index contributed by atoms with van der Waals surface area (Å²) in [6.45, 7) is 5.09. The minimum atomic E-state index is 0.803. The molecule has 0 aliphatic carbocycles. The van der Waals surface area contributed by atoms with Crippen molar-refractivity contribution in [1.29, 1.82) is 0 Å². The Kier molecular flexibility index (Phi) is 7.02. The molecule has 0 saturated carbocycles. The molecule has 3 nitrogen and oxygen atoms in total. The molecular formula is C18H26N3S2+. The van der Waals surface area contributed by atoms with E-state index in [1.54, 1.807) is 11.3 Å². The molecule has 0 amide bonds. The van der Waals surface area contributed by atoms with Crippen LogP contribution in [0.15, 0.2) is 41.8 Å². The van der Waals surface area contributed by atoms with Crippen LogP contribution in [-0.4, -0.2) is 37.2 Å². The largest absolute Gasteiger partial charge is 0.344 e. The first-order valence-corrected chi connectivity index (χ1v) is 9.27. The lowest BCUT2D eigenvalue weighted by atomic mass is 10.2. The minimum absolute atomic E-state index is 0.803. The fourth-order valence-corrected chi connectivity index (χ4v) is 3.39. The van der Waals surface area contributed by atoms with Gasteiger partial charge in [-0.15, -0.1) is 11.3 Å². The molecule has 1 aromatic carbocycles. The van der Waals surface area contributed by atoms with E-state index in [0.29, 0.717) is 0 Å². The molecule has 0 fully saturated rings. The predicted octanol–water partition coefficient (Wildman–Crippen LogP) is 2.79. The Morgan fingerprint density at radius 2 is 2.09 bits per heavy atom. The Labute approximate surface area is 148 Å². The number of thiocarbonyl (C=S) groups is 1. The standard InChI is InChI=1S/C18H25N3S2/c1-15-7-4-8-16(13-15)19-18(22)21(11-6-10-20(2)3)14-17-9-5-12-23-17/h4-5,7-9,12-13H,6,10-11,14H2,1-3H3,(H,19,22)/p+1. The molecule has 0 aliphatic heterocycles. The highest BCUT2D eigenvalue weighted by molar-refractivity contribution is 7.80. The lowest BCUT2D eigenvalue weighted by Gasteiger charge is -2.25. The topological polar surface area (TPSA) is 19.7 Å². The van der Waals surface area contributed by atoms with Gasteiger partial charge in [0.05, 0.1) is 27.2 Å². The van der Waals surface area contributed by atoms with Crippen LogP contribution in [0, 0.1) is 6.92 Å². The lowest BCUT2D eigenvalue weighted by molar-refractivity contribution is -0.858. The number of benzene rings is 1. The number of rotatable bonds is 7. The van der Waals surface area contributed by atoms with Crippen molar-refractivity contribution in [3.05, 3.63) is 52.2 Å². The first-order valence-electron chi connectivity index (χ1n) is 7.98. The van der Waals surface area contributed by atoms with Crippen LogP contribution < -0.4 is 10.2 Å². The van der Waals surface area contributed by atoms with E-state index >= 15 is 0 Å². The summed E-state index contributed by atoms with van der Waals surface area (Å²) in [6.07, 6.45) is 1.13. The van der Waals surface area contributed by atoms with Crippen molar-refractivity contribution < 1.29 is 4.90 Å². The van der Waals surface area contributed by atoms with Crippen LogP contribution in [-0.2, 0) is 6.54 Å². The third-order valence-corrected chi connectivity index (χ3v) is 4.81. The van der Waals surface area contributed by atoms with Crippen molar-refractivity contribution >= 4 is 34.4 Å². The van der Waals surface area contributed by atoms with Crippen LogP contribution in [0.5, 0.6) is 0 Å². The Morgan fingerprint density at radius 3 is 2.74 bits per heavy atom. The van der Waals surface area contributed by atoms with Crippen molar-refractivity contribution in [3.8, 4) is 0 Å². The molecule has 0 atom stereocenters. The van der Waals surface area contributed by atoms with Crippen molar-refractivity contribution in [1.82, 2.24) is 4.90 Å². The molecule has 0 spiro atoms. The minimum Gasteiger partial charge on any atom is -0.344 e. The zero-order valence-electron chi connectivity index (χ0n) is 14.1. The highest BCUT2D eigenvalue weighted by Gasteiger charge is 2.12. The van der Waals surface area contributed by atoms with E-state index in [9.17, 15) is 0 Å². The zero-order valence-corrected chi connectivity index (χ0v) is 15.8. The van der Waals surface area contributed by atoms with E-state index in [4.69, 9.17) is 12.2 Å². The number of quaternary nitrogens is 1. The molecule has 2 N–H and O–H groups in total. The number of aryl methyl sites for hydroxylation is 1. The summed E-state index contributed by atoms with van der Waals surface area (Å²) in [5.41, 5.74) is 2.29. The Hall–Kier alpha value is -1.43. The van der Waals surface area contributed by atoms with Gasteiger partial charge in [-0.3, -0.25) is 0 Å². The maximum absolute atomic E-state index is 5.67. The normalized spacial score (nSPS) is 10.8. The molecule has 0 radical (unpaired) electrons. The lowest BCUT2D eigenvalue weighted by Crippen LogP contribution is -3.05.